The molecule has 3 aromatic rings. The topological polar surface area (TPSA) is 96.1 Å². The molecule has 154 valence electrons. The predicted octanol–water partition coefficient (Wildman–Crippen LogP) is 1.86. The molecule has 0 atom stereocenters. The maximum atomic E-state index is 13.1. The number of hydrogen-bond donors (Lipinski definition) is 1. The molecule has 0 aromatic carbocycles. The van der Waals surface area contributed by atoms with Crippen molar-refractivity contribution in [1.82, 2.24) is 29.6 Å². The molecule has 0 saturated heterocycles. The number of carbonyl (C=O) groups is 1. The van der Waals surface area contributed by atoms with Crippen molar-refractivity contribution in [1.29, 1.82) is 0 Å². The number of ether oxygens (including phenoxy) is 2. The molecule has 0 radical (unpaired) electrons. The number of amides is 1. The van der Waals surface area contributed by atoms with E-state index in [0.29, 0.717) is 30.2 Å². The Morgan fingerprint density at radius 3 is 2.83 bits per heavy atom. The van der Waals surface area contributed by atoms with Gasteiger partial charge in [0.15, 0.2) is 5.69 Å². The SMILES string of the molecule is COCCOC1CCC(NC(=O)c2nc(-n3ccnc3)cc3cn(C)nc23)CC1. The van der Waals surface area contributed by atoms with E-state index in [0.717, 1.165) is 31.1 Å². The average Bonchev–Trinajstić information content (AvgIpc) is 3.37. The molecule has 1 N–H and O–H groups in total. The third kappa shape index (κ3) is 4.46. The summed E-state index contributed by atoms with van der Waals surface area (Å²) >= 11 is 0. The molecule has 1 aliphatic carbocycles. The first-order chi connectivity index (χ1) is 14.1. The number of hydrogen-bond acceptors (Lipinski definition) is 6. The van der Waals surface area contributed by atoms with Crippen LogP contribution in [0.15, 0.2) is 31.0 Å². The van der Waals surface area contributed by atoms with Crippen molar-refractivity contribution in [3.63, 3.8) is 0 Å². The van der Waals surface area contributed by atoms with Gasteiger partial charge in [0, 0.05) is 44.2 Å². The summed E-state index contributed by atoms with van der Waals surface area (Å²) in [5, 5.41) is 8.45. The van der Waals surface area contributed by atoms with Crippen molar-refractivity contribution in [2.24, 2.45) is 7.05 Å². The van der Waals surface area contributed by atoms with E-state index in [1.807, 2.05) is 19.3 Å². The molecule has 0 bridgehead atoms. The first kappa shape index (κ1) is 19.5. The molecule has 1 saturated carbocycles. The van der Waals surface area contributed by atoms with Gasteiger partial charge in [-0.25, -0.2) is 9.97 Å². The summed E-state index contributed by atoms with van der Waals surface area (Å²) in [6.07, 6.45) is 10.9. The van der Waals surface area contributed by atoms with E-state index in [9.17, 15) is 4.79 Å². The Bertz CT molecular complexity index is 960. The fraction of sp³-hybridized carbons (Fsp3) is 0.500. The Labute approximate surface area is 169 Å². The Balaban J connectivity index is 1.47. The molecule has 9 nitrogen and oxygen atoms in total. The zero-order valence-corrected chi connectivity index (χ0v) is 16.7. The van der Waals surface area contributed by atoms with Crippen LogP contribution in [0.5, 0.6) is 0 Å². The molecule has 9 heteroatoms. The Morgan fingerprint density at radius 2 is 2.10 bits per heavy atom. The van der Waals surface area contributed by atoms with Crippen LogP contribution in [0.1, 0.15) is 36.2 Å². The van der Waals surface area contributed by atoms with E-state index in [1.165, 1.54) is 0 Å². The number of aromatic nitrogens is 5. The summed E-state index contributed by atoms with van der Waals surface area (Å²) in [5.41, 5.74) is 0.940. The summed E-state index contributed by atoms with van der Waals surface area (Å²) in [5.74, 6) is 0.447. The number of pyridine rings is 1. The van der Waals surface area contributed by atoms with Crippen LogP contribution in [0, 0.1) is 0 Å². The van der Waals surface area contributed by atoms with Crippen LogP contribution >= 0.6 is 0 Å². The van der Waals surface area contributed by atoms with E-state index in [4.69, 9.17) is 9.47 Å². The van der Waals surface area contributed by atoms with Gasteiger partial charge >= 0.3 is 0 Å². The molecule has 0 unspecified atom stereocenters. The fourth-order valence-electron chi connectivity index (χ4n) is 3.75. The average molecular weight is 398 g/mol. The van der Waals surface area contributed by atoms with Gasteiger partial charge in [-0.05, 0) is 31.7 Å². The molecule has 0 aliphatic heterocycles. The highest BCUT2D eigenvalue weighted by Crippen LogP contribution is 2.23. The van der Waals surface area contributed by atoms with Crippen molar-refractivity contribution in [2.45, 2.75) is 37.8 Å². The number of aryl methyl sites for hydroxylation is 1. The maximum Gasteiger partial charge on any atom is 0.272 e. The lowest BCUT2D eigenvalue weighted by Gasteiger charge is -2.29. The Morgan fingerprint density at radius 1 is 1.28 bits per heavy atom. The van der Waals surface area contributed by atoms with Gasteiger partial charge in [-0.1, -0.05) is 0 Å². The van der Waals surface area contributed by atoms with Crippen LogP contribution in [-0.4, -0.2) is 62.7 Å². The van der Waals surface area contributed by atoms with Crippen molar-refractivity contribution < 1.29 is 14.3 Å². The largest absolute Gasteiger partial charge is 0.382 e. The van der Waals surface area contributed by atoms with Gasteiger partial charge in [0.2, 0.25) is 0 Å². The smallest absolute Gasteiger partial charge is 0.272 e. The zero-order chi connectivity index (χ0) is 20.2. The van der Waals surface area contributed by atoms with Gasteiger partial charge in [-0.15, -0.1) is 0 Å². The normalized spacial score (nSPS) is 19.5. The van der Waals surface area contributed by atoms with E-state index < -0.39 is 0 Å². The highest BCUT2D eigenvalue weighted by Gasteiger charge is 2.25. The molecular weight excluding hydrogens is 372 g/mol. The number of nitrogens with one attached hydrogen (secondary N) is 1. The molecule has 1 fully saturated rings. The first-order valence-electron chi connectivity index (χ1n) is 9.88. The fourth-order valence-corrected chi connectivity index (χ4v) is 3.75. The minimum absolute atomic E-state index is 0.113. The molecule has 0 spiro atoms. The van der Waals surface area contributed by atoms with Gasteiger partial charge in [0.1, 0.15) is 17.7 Å². The second-order valence-electron chi connectivity index (χ2n) is 7.35. The predicted molar refractivity (Wildman–Crippen MR) is 107 cm³/mol. The molecule has 1 amide bonds. The van der Waals surface area contributed by atoms with E-state index in [2.05, 4.69) is 20.4 Å². The van der Waals surface area contributed by atoms with Crippen molar-refractivity contribution in [2.75, 3.05) is 20.3 Å². The lowest BCUT2D eigenvalue weighted by Crippen LogP contribution is -2.39. The Hall–Kier alpha value is -2.78. The van der Waals surface area contributed by atoms with Crippen LogP contribution in [0.25, 0.3) is 16.7 Å². The van der Waals surface area contributed by atoms with E-state index in [-0.39, 0.29) is 18.1 Å². The van der Waals surface area contributed by atoms with E-state index in [1.54, 1.807) is 35.1 Å². The van der Waals surface area contributed by atoms with Gasteiger partial charge < -0.3 is 14.8 Å². The van der Waals surface area contributed by atoms with Crippen LogP contribution < -0.4 is 5.32 Å². The van der Waals surface area contributed by atoms with Crippen molar-refractivity contribution >= 4 is 16.8 Å². The summed E-state index contributed by atoms with van der Waals surface area (Å²) in [6, 6.07) is 2.02. The second-order valence-corrected chi connectivity index (χ2v) is 7.35. The minimum Gasteiger partial charge on any atom is -0.382 e. The molecule has 3 heterocycles. The van der Waals surface area contributed by atoms with Crippen LogP contribution in [0.4, 0.5) is 0 Å². The quantitative estimate of drug-likeness (QED) is 0.610. The standard InChI is InChI=1S/C20H26N6O3/c1-25-12-14-11-17(26-8-7-21-13-26)23-19(18(14)24-25)20(27)22-15-3-5-16(6-4-15)29-10-9-28-2/h7-8,11-13,15-16H,3-6,9-10H2,1-2H3,(H,22,27). The number of carbonyl (C=O) groups excluding carboxylic acids is 1. The lowest BCUT2D eigenvalue weighted by molar-refractivity contribution is -0.00409. The maximum absolute atomic E-state index is 13.1. The number of nitrogens with zero attached hydrogens (tertiary/aromatic N) is 5. The summed E-state index contributed by atoms with van der Waals surface area (Å²) in [6.45, 7) is 1.22. The summed E-state index contributed by atoms with van der Waals surface area (Å²) in [7, 11) is 3.51. The Kier molecular flexibility index (Phi) is 5.86. The molecule has 4 rings (SSSR count). The van der Waals surface area contributed by atoms with Crippen LogP contribution in [0.3, 0.4) is 0 Å². The zero-order valence-electron chi connectivity index (χ0n) is 16.7. The number of imidazole rings is 1. The lowest BCUT2D eigenvalue weighted by atomic mass is 9.93. The number of fused-ring (bicyclic) bond motifs is 1. The summed E-state index contributed by atoms with van der Waals surface area (Å²) in [4.78, 5) is 21.7. The first-order valence-corrected chi connectivity index (χ1v) is 9.88. The minimum atomic E-state index is -0.195. The number of methoxy groups -OCH3 is 1. The van der Waals surface area contributed by atoms with Gasteiger partial charge in [-0.3, -0.25) is 14.0 Å². The van der Waals surface area contributed by atoms with E-state index >= 15 is 0 Å². The third-order valence-electron chi connectivity index (χ3n) is 5.23. The third-order valence-corrected chi connectivity index (χ3v) is 5.23. The molecular formula is C20H26N6O3. The van der Waals surface area contributed by atoms with Crippen molar-refractivity contribution in [3.05, 3.63) is 36.7 Å². The van der Waals surface area contributed by atoms with Gasteiger partial charge in [-0.2, -0.15) is 5.10 Å². The van der Waals surface area contributed by atoms with Gasteiger partial charge in [0.25, 0.3) is 5.91 Å². The monoisotopic (exact) mass is 398 g/mol. The molecule has 29 heavy (non-hydrogen) atoms. The second kappa shape index (κ2) is 8.71. The summed E-state index contributed by atoms with van der Waals surface area (Å²) < 4.78 is 14.3. The molecule has 1 aliphatic rings. The molecule has 3 aromatic heterocycles. The van der Waals surface area contributed by atoms with Crippen LogP contribution in [0.2, 0.25) is 0 Å². The van der Waals surface area contributed by atoms with Crippen molar-refractivity contribution in [3.8, 4) is 5.82 Å². The highest BCUT2D eigenvalue weighted by atomic mass is 16.5. The highest BCUT2D eigenvalue weighted by molar-refractivity contribution is 6.04. The van der Waals surface area contributed by atoms with Crippen LogP contribution in [-0.2, 0) is 16.5 Å². The number of rotatable bonds is 7. The van der Waals surface area contributed by atoms with Gasteiger partial charge in [0.05, 0.1) is 19.3 Å².